The summed E-state index contributed by atoms with van der Waals surface area (Å²) in [6.07, 6.45) is 2.52. The number of carbonyl (C=O) groups is 2. The maximum absolute atomic E-state index is 12.3. The zero-order valence-electron chi connectivity index (χ0n) is 14.4. The highest BCUT2D eigenvalue weighted by Gasteiger charge is 2.11. The van der Waals surface area contributed by atoms with Crippen molar-refractivity contribution >= 4 is 11.7 Å². The van der Waals surface area contributed by atoms with Crippen LogP contribution in [-0.2, 0) is 12.8 Å². The number of hydrogen-bond donors (Lipinski definition) is 1. The fraction of sp³-hybridized carbons (Fsp3) is 0.136. The van der Waals surface area contributed by atoms with Crippen molar-refractivity contribution in [1.82, 2.24) is 10.3 Å². The molecule has 4 heteroatoms. The van der Waals surface area contributed by atoms with Crippen LogP contribution < -0.4 is 5.32 Å². The normalized spacial score (nSPS) is 10.3. The van der Waals surface area contributed by atoms with Crippen molar-refractivity contribution in [3.63, 3.8) is 0 Å². The predicted molar refractivity (Wildman–Crippen MR) is 101 cm³/mol. The number of benzene rings is 2. The first-order chi connectivity index (χ1) is 12.7. The highest BCUT2D eigenvalue weighted by molar-refractivity contribution is 5.98. The molecule has 0 atom stereocenters. The summed E-state index contributed by atoms with van der Waals surface area (Å²) in [7, 11) is 0. The number of hydrogen-bond acceptors (Lipinski definition) is 3. The lowest BCUT2D eigenvalue weighted by molar-refractivity contribution is 0.0950. The lowest BCUT2D eigenvalue weighted by Crippen LogP contribution is -2.26. The lowest BCUT2D eigenvalue weighted by Gasteiger charge is -2.07. The molecule has 0 aliphatic heterocycles. The van der Waals surface area contributed by atoms with Crippen molar-refractivity contribution in [2.24, 2.45) is 0 Å². The smallest absolute Gasteiger partial charge is 0.251 e. The molecule has 26 heavy (non-hydrogen) atoms. The van der Waals surface area contributed by atoms with Crippen LogP contribution in [-0.4, -0.2) is 23.2 Å². The number of aromatic nitrogens is 1. The van der Waals surface area contributed by atoms with E-state index in [4.69, 9.17) is 0 Å². The molecular formula is C22H20N2O2. The van der Waals surface area contributed by atoms with Crippen LogP contribution >= 0.6 is 0 Å². The number of carbonyl (C=O) groups excluding carboxylic acids is 2. The van der Waals surface area contributed by atoms with Gasteiger partial charge in [-0.25, -0.2) is 0 Å². The molecule has 0 fully saturated rings. The maximum Gasteiger partial charge on any atom is 0.251 e. The molecule has 3 rings (SSSR count). The molecule has 0 spiro atoms. The number of amides is 1. The topological polar surface area (TPSA) is 59.1 Å². The first-order valence-corrected chi connectivity index (χ1v) is 8.57. The van der Waals surface area contributed by atoms with Gasteiger partial charge in [0.15, 0.2) is 5.78 Å². The van der Waals surface area contributed by atoms with Gasteiger partial charge in [-0.3, -0.25) is 14.6 Å². The van der Waals surface area contributed by atoms with Crippen molar-refractivity contribution in [3.05, 3.63) is 101 Å². The van der Waals surface area contributed by atoms with Gasteiger partial charge in [-0.2, -0.15) is 0 Å². The Kier molecular flexibility index (Phi) is 5.88. The largest absolute Gasteiger partial charge is 0.352 e. The van der Waals surface area contributed by atoms with Crippen molar-refractivity contribution in [3.8, 4) is 0 Å². The average Bonchev–Trinajstić information content (AvgIpc) is 2.69. The second kappa shape index (κ2) is 8.72. The summed E-state index contributed by atoms with van der Waals surface area (Å²) in [5, 5.41) is 2.91. The molecule has 1 amide bonds. The van der Waals surface area contributed by atoms with Crippen LogP contribution in [0.1, 0.15) is 32.0 Å². The van der Waals surface area contributed by atoms with Crippen molar-refractivity contribution in [1.29, 1.82) is 0 Å². The molecule has 1 aromatic heterocycles. The third-order valence-electron chi connectivity index (χ3n) is 4.06. The van der Waals surface area contributed by atoms with E-state index in [0.29, 0.717) is 23.4 Å². The molecule has 0 saturated carbocycles. The van der Waals surface area contributed by atoms with Gasteiger partial charge in [0.2, 0.25) is 0 Å². The first kappa shape index (κ1) is 17.5. The Morgan fingerprint density at radius 2 is 1.54 bits per heavy atom. The molecule has 0 saturated heterocycles. The zero-order valence-corrected chi connectivity index (χ0v) is 14.4. The Balaban J connectivity index is 1.58. The Morgan fingerprint density at radius 3 is 2.27 bits per heavy atom. The summed E-state index contributed by atoms with van der Waals surface area (Å²) in [4.78, 5) is 28.8. The lowest BCUT2D eigenvalue weighted by atomic mass is 10.1. The van der Waals surface area contributed by atoms with Gasteiger partial charge < -0.3 is 5.32 Å². The Morgan fingerprint density at radius 1 is 0.846 bits per heavy atom. The van der Waals surface area contributed by atoms with Gasteiger partial charge in [-0.05, 0) is 24.1 Å². The predicted octanol–water partition coefficient (Wildman–Crippen LogP) is 3.48. The van der Waals surface area contributed by atoms with Gasteiger partial charge in [-0.15, -0.1) is 0 Å². The molecule has 1 N–H and O–H groups in total. The van der Waals surface area contributed by atoms with E-state index in [1.54, 1.807) is 30.5 Å². The zero-order chi connectivity index (χ0) is 18.2. The monoisotopic (exact) mass is 344 g/mol. The molecule has 0 radical (unpaired) electrons. The fourth-order valence-corrected chi connectivity index (χ4v) is 2.67. The summed E-state index contributed by atoms with van der Waals surface area (Å²) >= 11 is 0. The van der Waals surface area contributed by atoms with Crippen LogP contribution in [0.25, 0.3) is 0 Å². The minimum atomic E-state index is -0.156. The molecule has 1 heterocycles. The number of pyridine rings is 1. The minimum Gasteiger partial charge on any atom is -0.352 e. The highest BCUT2D eigenvalue weighted by atomic mass is 16.1. The van der Waals surface area contributed by atoms with Gasteiger partial charge in [0, 0.05) is 29.6 Å². The van der Waals surface area contributed by atoms with Crippen molar-refractivity contribution in [2.45, 2.75) is 12.8 Å². The molecule has 4 nitrogen and oxygen atoms in total. The van der Waals surface area contributed by atoms with Gasteiger partial charge in [-0.1, -0.05) is 60.7 Å². The molecule has 3 aromatic rings. The standard InChI is InChI=1S/C22H20N2O2/c25-21(18-9-5-2-6-10-18)16-20-15-19(12-14-23-20)22(26)24-13-11-17-7-3-1-4-8-17/h1-10,12,14-15H,11,13,16H2,(H,24,26). The number of nitrogens with zero attached hydrogens (tertiary/aromatic N) is 1. The molecule has 0 unspecified atom stereocenters. The van der Waals surface area contributed by atoms with E-state index < -0.39 is 0 Å². The Hall–Kier alpha value is -3.27. The molecule has 0 aliphatic carbocycles. The van der Waals surface area contributed by atoms with E-state index in [0.717, 1.165) is 6.42 Å². The SMILES string of the molecule is O=C(Cc1cc(C(=O)NCCc2ccccc2)ccn1)c1ccccc1. The van der Waals surface area contributed by atoms with Gasteiger partial charge in [0.25, 0.3) is 5.91 Å². The Bertz CT molecular complexity index is 877. The molecular weight excluding hydrogens is 324 g/mol. The molecule has 2 aromatic carbocycles. The second-order valence-electron chi connectivity index (χ2n) is 5.99. The summed E-state index contributed by atoms with van der Waals surface area (Å²) in [5.74, 6) is -0.170. The van der Waals surface area contributed by atoms with Crippen LogP contribution in [0.4, 0.5) is 0 Å². The van der Waals surface area contributed by atoms with Crippen LogP contribution in [0.3, 0.4) is 0 Å². The highest BCUT2D eigenvalue weighted by Crippen LogP contribution is 2.08. The van der Waals surface area contributed by atoms with E-state index in [-0.39, 0.29) is 18.1 Å². The quantitative estimate of drug-likeness (QED) is 0.668. The van der Waals surface area contributed by atoms with Gasteiger partial charge >= 0.3 is 0 Å². The Labute approximate surface area is 152 Å². The second-order valence-corrected chi connectivity index (χ2v) is 5.99. The molecule has 130 valence electrons. The van der Waals surface area contributed by atoms with E-state index in [1.165, 1.54) is 5.56 Å². The van der Waals surface area contributed by atoms with Crippen LogP contribution in [0.2, 0.25) is 0 Å². The average molecular weight is 344 g/mol. The summed E-state index contributed by atoms with van der Waals surface area (Å²) in [6, 6.07) is 22.4. The van der Waals surface area contributed by atoms with Crippen LogP contribution in [0, 0.1) is 0 Å². The third kappa shape index (κ3) is 4.86. The van der Waals surface area contributed by atoms with Gasteiger partial charge in [0.1, 0.15) is 0 Å². The summed E-state index contributed by atoms with van der Waals surface area (Å²) < 4.78 is 0. The van der Waals surface area contributed by atoms with Crippen LogP contribution in [0.15, 0.2) is 79.0 Å². The number of ketones is 1. The van der Waals surface area contributed by atoms with E-state index in [1.807, 2.05) is 48.5 Å². The molecule has 0 bridgehead atoms. The number of nitrogens with one attached hydrogen (secondary N) is 1. The minimum absolute atomic E-state index is 0.0141. The van der Waals surface area contributed by atoms with Crippen molar-refractivity contribution < 1.29 is 9.59 Å². The first-order valence-electron chi connectivity index (χ1n) is 8.57. The van der Waals surface area contributed by atoms with Crippen LogP contribution in [0.5, 0.6) is 0 Å². The maximum atomic E-state index is 12.3. The number of Topliss-reactive ketones (excluding diaryl/α,β-unsaturated/α-hetero) is 1. The van der Waals surface area contributed by atoms with Gasteiger partial charge in [0.05, 0.1) is 6.42 Å². The summed E-state index contributed by atoms with van der Waals surface area (Å²) in [6.45, 7) is 0.559. The third-order valence-corrected chi connectivity index (χ3v) is 4.06. The number of rotatable bonds is 7. The summed E-state index contributed by atoms with van der Waals surface area (Å²) in [5.41, 5.74) is 2.93. The fourth-order valence-electron chi connectivity index (χ4n) is 2.67. The van der Waals surface area contributed by atoms with E-state index in [2.05, 4.69) is 10.3 Å². The van der Waals surface area contributed by atoms with E-state index >= 15 is 0 Å². The molecule has 0 aliphatic rings. The van der Waals surface area contributed by atoms with Crippen molar-refractivity contribution in [2.75, 3.05) is 6.54 Å². The van der Waals surface area contributed by atoms with E-state index in [9.17, 15) is 9.59 Å².